The molecular formula is C12H17N3O2S. The topological polar surface area (TPSA) is 89.2 Å². The van der Waals surface area contributed by atoms with Crippen molar-refractivity contribution in [3.63, 3.8) is 0 Å². The lowest BCUT2D eigenvalue weighted by Crippen LogP contribution is -2.19. The lowest BCUT2D eigenvalue weighted by molar-refractivity contribution is 0.0149. The van der Waals surface area contributed by atoms with E-state index in [2.05, 4.69) is 16.9 Å². The van der Waals surface area contributed by atoms with Gasteiger partial charge in [-0.1, -0.05) is 24.2 Å². The second-order valence-electron chi connectivity index (χ2n) is 3.76. The normalized spacial score (nSPS) is 13.7. The molecular weight excluding hydrogens is 250 g/mol. The molecule has 0 radical (unpaired) electrons. The van der Waals surface area contributed by atoms with Crippen LogP contribution in [0.25, 0.3) is 10.4 Å². The molecule has 0 saturated carbocycles. The zero-order valence-corrected chi connectivity index (χ0v) is 11.0. The van der Waals surface area contributed by atoms with Crippen LogP contribution in [0.2, 0.25) is 0 Å². The third kappa shape index (κ3) is 4.58. The molecule has 0 saturated heterocycles. The average molecular weight is 267 g/mol. The zero-order valence-electron chi connectivity index (χ0n) is 10.2. The van der Waals surface area contributed by atoms with Crippen LogP contribution < -0.4 is 0 Å². The molecule has 1 rings (SSSR count). The molecule has 2 N–H and O–H groups in total. The number of rotatable bonds is 7. The van der Waals surface area contributed by atoms with E-state index in [1.807, 2.05) is 18.2 Å². The van der Waals surface area contributed by atoms with Crippen molar-refractivity contribution in [1.29, 1.82) is 0 Å². The SMILES string of the molecule is CCSc1cccc(C(O)C(O)CCN=[N+]=[N-])c1. The van der Waals surface area contributed by atoms with E-state index >= 15 is 0 Å². The van der Waals surface area contributed by atoms with E-state index in [0.29, 0.717) is 5.56 Å². The van der Waals surface area contributed by atoms with Crippen LogP contribution >= 0.6 is 11.8 Å². The van der Waals surface area contributed by atoms with Gasteiger partial charge in [0.1, 0.15) is 6.10 Å². The molecule has 0 fully saturated rings. The van der Waals surface area contributed by atoms with Gasteiger partial charge >= 0.3 is 0 Å². The highest BCUT2D eigenvalue weighted by molar-refractivity contribution is 7.99. The summed E-state index contributed by atoms with van der Waals surface area (Å²) in [6.07, 6.45) is -1.62. The van der Waals surface area contributed by atoms with E-state index in [0.717, 1.165) is 10.6 Å². The summed E-state index contributed by atoms with van der Waals surface area (Å²) < 4.78 is 0. The smallest absolute Gasteiger partial charge is 0.105 e. The highest BCUT2D eigenvalue weighted by Gasteiger charge is 2.17. The Balaban J connectivity index is 2.66. The van der Waals surface area contributed by atoms with Crippen molar-refractivity contribution in [2.75, 3.05) is 12.3 Å². The quantitative estimate of drug-likeness (QED) is 0.344. The van der Waals surface area contributed by atoms with Gasteiger partial charge in [-0.05, 0) is 35.4 Å². The van der Waals surface area contributed by atoms with Gasteiger partial charge in [-0.3, -0.25) is 0 Å². The van der Waals surface area contributed by atoms with Crippen LogP contribution in [-0.2, 0) is 0 Å². The third-order valence-corrected chi connectivity index (χ3v) is 3.34. The van der Waals surface area contributed by atoms with E-state index in [-0.39, 0.29) is 13.0 Å². The van der Waals surface area contributed by atoms with Gasteiger partial charge in [-0.2, -0.15) is 0 Å². The van der Waals surface area contributed by atoms with Gasteiger partial charge in [0.2, 0.25) is 0 Å². The first-order valence-electron chi connectivity index (χ1n) is 5.78. The number of azide groups is 1. The zero-order chi connectivity index (χ0) is 13.4. The largest absolute Gasteiger partial charge is 0.390 e. The Bertz CT molecular complexity index is 422. The van der Waals surface area contributed by atoms with Crippen LogP contribution in [0.1, 0.15) is 25.0 Å². The van der Waals surface area contributed by atoms with Crippen molar-refractivity contribution in [2.24, 2.45) is 5.11 Å². The van der Waals surface area contributed by atoms with Gasteiger partial charge in [0.25, 0.3) is 0 Å². The number of aliphatic hydroxyl groups excluding tert-OH is 2. The van der Waals surface area contributed by atoms with E-state index in [1.54, 1.807) is 17.8 Å². The Morgan fingerprint density at radius 1 is 1.44 bits per heavy atom. The fourth-order valence-electron chi connectivity index (χ4n) is 1.57. The van der Waals surface area contributed by atoms with Crippen molar-refractivity contribution in [2.45, 2.75) is 30.4 Å². The van der Waals surface area contributed by atoms with Crippen LogP contribution in [0.5, 0.6) is 0 Å². The van der Waals surface area contributed by atoms with Crippen LogP contribution in [0.15, 0.2) is 34.3 Å². The number of nitrogens with zero attached hydrogens (tertiary/aromatic N) is 3. The van der Waals surface area contributed by atoms with Crippen molar-refractivity contribution >= 4 is 11.8 Å². The summed E-state index contributed by atoms with van der Waals surface area (Å²) in [6.45, 7) is 2.24. The third-order valence-electron chi connectivity index (χ3n) is 2.46. The summed E-state index contributed by atoms with van der Waals surface area (Å²) >= 11 is 1.68. The Hall–Kier alpha value is -1.20. The summed E-state index contributed by atoms with van der Waals surface area (Å²) in [4.78, 5) is 3.67. The second-order valence-corrected chi connectivity index (χ2v) is 5.10. The molecule has 0 aliphatic heterocycles. The highest BCUT2D eigenvalue weighted by Crippen LogP contribution is 2.24. The van der Waals surface area contributed by atoms with Crippen LogP contribution in [-0.4, -0.2) is 28.6 Å². The van der Waals surface area contributed by atoms with Gasteiger partial charge < -0.3 is 10.2 Å². The highest BCUT2D eigenvalue weighted by atomic mass is 32.2. The van der Waals surface area contributed by atoms with Crippen LogP contribution in [0.4, 0.5) is 0 Å². The first-order chi connectivity index (χ1) is 8.69. The second kappa shape index (κ2) is 8.00. The minimum absolute atomic E-state index is 0.179. The van der Waals surface area contributed by atoms with Crippen molar-refractivity contribution in [1.82, 2.24) is 0 Å². The predicted octanol–water partition coefficient (Wildman–Crippen LogP) is 2.89. The first-order valence-corrected chi connectivity index (χ1v) is 6.77. The van der Waals surface area contributed by atoms with Gasteiger partial charge in [-0.15, -0.1) is 11.8 Å². The summed E-state index contributed by atoms with van der Waals surface area (Å²) in [5, 5.41) is 23.1. The molecule has 1 aromatic carbocycles. The number of thioether (sulfide) groups is 1. The molecule has 0 aromatic heterocycles. The summed E-state index contributed by atoms with van der Waals surface area (Å²) in [5.74, 6) is 0.957. The summed E-state index contributed by atoms with van der Waals surface area (Å²) in [6, 6.07) is 7.48. The van der Waals surface area contributed by atoms with Crippen molar-refractivity contribution < 1.29 is 10.2 Å². The van der Waals surface area contributed by atoms with Crippen molar-refractivity contribution in [3.8, 4) is 0 Å². The van der Waals surface area contributed by atoms with Crippen LogP contribution in [0, 0.1) is 0 Å². The van der Waals surface area contributed by atoms with Gasteiger partial charge in [0.05, 0.1) is 6.10 Å². The number of aliphatic hydroxyl groups is 2. The molecule has 1 aromatic rings. The number of hydrogen-bond acceptors (Lipinski definition) is 4. The lowest BCUT2D eigenvalue weighted by Gasteiger charge is -2.17. The Morgan fingerprint density at radius 3 is 2.89 bits per heavy atom. The molecule has 0 amide bonds. The monoisotopic (exact) mass is 267 g/mol. The lowest BCUT2D eigenvalue weighted by atomic mass is 10.0. The fraction of sp³-hybridized carbons (Fsp3) is 0.500. The maximum atomic E-state index is 9.99. The molecule has 18 heavy (non-hydrogen) atoms. The van der Waals surface area contributed by atoms with Crippen LogP contribution in [0.3, 0.4) is 0 Å². The molecule has 0 spiro atoms. The maximum absolute atomic E-state index is 9.99. The molecule has 0 heterocycles. The Morgan fingerprint density at radius 2 is 2.22 bits per heavy atom. The molecule has 5 nitrogen and oxygen atoms in total. The molecule has 0 bridgehead atoms. The predicted molar refractivity (Wildman–Crippen MR) is 72.4 cm³/mol. The standard InChI is InChI=1S/C12H17N3O2S/c1-2-18-10-5-3-4-9(8-10)12(17)11(16)6-7-14-15-13/h3-5,8,11-12,16-17H,2,6-7H2,1H3. The number of hydrogen-bond donors (Lipinski definition) is 2. The molecule has 6 heteroatoms. The summed E-state index contributed by atoms with van der Waals surface area (Å²) in [7, 11) is 0. The van der Waals surface area contributed by atoms with Gasteiger partial charge in [0, 0.05) is 16.4 Å². The molecule has 98 valence electrons. The van der Waals surface area contributed by atoms with Gasteiger partial charge in [0.15, 0.2) is 0 Å². The maximum Gasteiger partial charge on any atom is 0.105 e. The molecule has 2 unspecified atom stereocenters. The first kappa shape index (κ1) is 14.9. The molecule has 0 aliphatic carbocycles. The van der Waals surface area contributed by atoms with E-state index in [9.17, 15) is 10.2 Å². The van der Waals surface area contributed by atoms with E-state index < -0.39 is 12.2 Å². The van der Waals surface area contributed by atoms with Crippen molar-refractivity contribution in [3.05, 3.63) is 40.3 Å². The minimum atomic E-state index is -0.948. The Kier molecular flexibility index (Phi) is 6.60. The Labute approximate surface area is 110 Å². The molecule has 0 aliphatic rings. The molecule has 2 atom stereocenters. The van der Waals surface area contributed by atoms with E-state index in [4.69, 9.17) is 5.53 Å². The fourth-order valence-corrected chi connectivity index (χ4v) is 2.30. The van der Waals surface area contributed by atoms with E-state index in [1.165, 1.54) is 0 Å². The number of benzene rings is 1. The minimum Gasteiger partial charge on any atom is -0.390 e. The summed E-state index contributed by atoms with van der Waals surface area (Å²) in [5.41, 5.74) is 8.82. The van der Waals surface area contributed by atoms with Gasteiger partial charge in [-0.25, -0.2) is 0 Å². The average Bonchev–Trinajstić information content (AvgIpc) is 2.39.